The second kappa shape index (κ2) is 6.00. The van der Waals surface area contributed by atoms with Crippen LogP contribution in [0.25, 0.3) is 17.3 Å². The quantitative estimate of drug-likeness (QED) is 0.849. The van der Waals surface area contributed by atoms with Gasteiger partial charge < -0.3 is 4.98 Å². The molecule has 0 saturated heterocycles. The third-order valence-corrected chi connectivity index (χ3v) is 2.51. The van der Waals surface area contributed by atoms with Crippen LogP contribution in [0.15, 0.2) is 24.5 Å². The molecule has 8 heteroatoms. The van der Waals surface area contributed by atoms with Gasteiger partial charge >= 0.3 is 0 Å². The minimum Gasteiger partial charge on any atom is -0.338 e. The van der Waals surface area contributed by atoms with E-state index < -0.39 is 18.0 Å². The van der Waals surface area contributed by atoms with Crippen molar-refractivity contribution in [2.45, 2.75) is 6.43 Å². The average Bonchev–Trinajstić information content (AvgIpc) is 2.93. The lowest BCUT2D eigenvalue weighted by Gasteiger charge is -1.98. The van der Waals surface area contributed by atoms with Crippen LogP contribution in [0.4, 0.5) is 13.2 Å². The summed E-state index contributed by atoms with van der Waals surface area (Å²) < 4.78 is 37.7. The van der Waals surface area contributed by atoms with Gasteiger partial charge in [0, 0.05) is 11.8 Å². The predicted octanol–water partition coefficient (Wildman–Crippen LogP) is 2.78. The summed E-state index contributed by atoms with van der Waals surface area (Å²) >= 11 is 0. The van der Waals surface area contributed by atoms with Crippen LogP contribution >= 0.6 is 0 Å². The molecule has 106 valence electrons. The third-order valence-electron chi connectivity index (χ3n) is 2.51. The molecule has 0 bridgehead atoms. The van der Waals surface area contributed by atoms with Gasteiger partial charge in [-0.3, -0.25) is 5.41 Å². The van der Waals surface area contributed by atoms with Crippen LogP contribution in [0.1, 0.15) is 11.5 Å². The molecule has 21 heavy (non-hydrogen) atoms. The number of hydrogen-bond acceptors (Lipinski definition) is 4. The molecule has 2 aromatic rings. The second-order valence-corrected chi connectivity index (χ2v) is 3.94. The number of imidazole rings is 1. The molecule has 2 rings (SSSR count). The van der Waals surface area contributed by atoms with Gasteiger partial charge in [0.05, 0.1) is 17.6 Å². The molecule has 5 nitrogen and oxygen atoms in total. The molecular formula is C13H8F3N5. The Morgan fingerprint density at radius 1 is 1.38 bits per heavy atom. The maximum Gasteiger partial charge on any atom is 0.279 e. The molecule has 0 aliphatic rings. The minimum atomic E-state index is -2.85. The number of allylic oxidation sites excluding steroid dienone is 1. The van der Waals surface area contributed by atoms with Crippen molar-refractivity contribution < 1.29 is 13.2 Å². The van der Waals surface area contributed by atoms with E-state index in [2.05, 4.69) is 15.0 Å². The second-order valence-electron chi connectivity index (χ2n) is 3.94. The number of halogens is 3. The van der Waals surface area contributed by atoms with Crippen molar-refractivity contribution in [1.82, 2.24) is 15.0 Å². The van der Waals surface area contributed by atoms with E-state index in [1.165, 1.54) is 18.5 Å². The zero-order chi connectivity index (χ0) is 15.4. The van der Waals surface area contributed by atoms with Crippen molar-refractivity contribution in [2.24, 2.45) is 0 Å². The number of nitrogens with one attached hydrogen (secondary N) is 2. The Balaban J connectivity index is 2.22. The molecule has 0 spiro atoms. The van der Waals surface area contributed by atoms with Crippen molar-refractivity contribution in [2.75, 3.05) is 0 Å². The first-order valence-corrected chi connectivity index (χ1v) is 5.67. The van der Waals surface area contributed by atoms with E-state index in [-0.39, 0.29) is 11.5 Å². The highest BCUT2D eigenvalue weighted by Crippen LogP contribution is 2.18. The van der Waals surface area contributed by atoms with Gasteiger partial charge in [-0.1, -0.05) is 0 Å². The summed E-state index contributed by atoms with van der Waals surface area (Å²) in [4.78, 5) is 10.3. The highest BCUT2D eigenvalue weighted by molar-refractivity contribution is 5.97. The molecule has 0 atom stereocenters. The van der Waals surface area contributed by atoms with Crippen LogP contribution in [0.5, 0.6) is 0 Å². The van der Waals surface area contributed by atoms with Gasteiger partial charge in [0.25, 0.3) is 6.43 Å². The molecule has 0 saturated carbocycles. The number of alkyl halides is 2. The number of aromatic amines is 1. The van der Waals surface area contributed by atoms with Crippen LogP contribution in [-0.4, -0.2) is 27.1 Å². The largest absolute Gasteiger partial charge is 0.338 e. The van der Waals surface area contributed by atoms with E-state index in [9.17, 15) is 13.2 Å². The lowest BCUT2D eigenvalue weighted by molar-refractivity contribution is 0.226. The zero-order valence-corrected chi connectivity index (χ0v) is 10.4. The fourth-order valence-corrected chi connectivity index (χ4v) is 1.48. The molecule has 0 aliphatic carbocycles. The smallest absolute Gasteiger partial charge is 0.279 e. The molecule has 0 unspecified atom stereocenters. The first-order valence-electron chi connectivity index (χ1n) is 5.67. The zero-order valence-electron chi connectivity index (χ0n) is 10.4. The molecule has 2 aromatic heterocycles. The molecule has 0 aromatic carbocycles. The van der Waals surface area contributed by atoms with E-state index >= 15 is 0 Å². The first kappa shape index (κ1) is 14.5. The van der Waals surface area contributed by atoms with Gasteiger partial charge in [-0.2, -0.15) is 5.26 Å². The summed E-state index contributed by atoms with van der Waals surface area (Å²) in [6, 6.07) is 2.72. The molecule has 0 aliphatic heterocycles. The summed E-state index contributed by atoms with van der Waals surface area (Å²) in [5.41, 5.74) is -0.375. The summed E-state index contributed by atoms with van der Waals surface area (Å²) in [6.45, 7) is 0. The normalized spacial score (nSPS) is 11.0. The average molecular weight is 291 g/mol. The number of aromatic nitrogens is 3. The monoisotopic (exact) mass is 291 g/mol. The van der Waals surface area contributed by atoms with Gasteiger partial charge in [-0.05, 0) is 18.2 Å². The van der Waals surface area contributed by atoms with Crippen molar-refractivity contribution in [1.29, 1.82) is 10.7 Å². The number of hydrogen-bond donors (Lipinski definition) is 2. The minimum absolute atomic E-state index is 0.236. The van der Waals surface area contributed by atoms with Gasteiger partial charge in [0.2, 0.25) is 0 Å². The van der Waals surface area contributed by atoms with Crippen molar-refractivity contribution in [3.8, 4) is 17.3 Å². The van der Waals surface area contributed by atoms with Crippen molar-refractivity contribution in [3.05, 3.63) is 41.9 Å². The molecule has 0 fully saturated rings. The highest BCUT2D eigenvalue weighted by atomic mass is 19.3. The third kappa shape index (κ3) is 3.33. The molecule has 0 radical (unpaired) electrons. The lowest BCUT2D eigenvalue weighted by atomic mass is 10.2. The lowest BCUT2D eigenvalue weighted by Crippen LogP contribution is -2.03. The summed E-state index contributed by atoms with van der Waals surface area (Å²) in [5.74, 6) is -0.527. The maximum absolute atomic E-state index is 13.4. The fraction of sp³-hybridized carbons (Fsp3) is 0.0769. The van der Waals surface area contributed by atoms with Gasteiger partial charge in [-0.15, -0.1) is 0 Å². The van der Waals surface area contributed by atoms with Gasteiger partial charge in [0.15, 0.2) is 11.5 Å². The number of rotatable bonds is 4. The van der Waals surface area contributed by atoms with Crippen LogP contribution in [-0.2, 0) is 0 Å². The number of nitriles is 1. The van der Waals surface area contributed by atoms with Crippen LogP contribution in [0.2, 0.25) is 0 Å². The molecule has 2 N–H and O–H groups in total. The Hall–Kier alpha value is -2.95. The Morgan fingerprint density at radius 3 is 2.76 bits per heavy atom. The first-order chi connectivity index (χ1) is 10.0. The number of pyridine rings is 1. The van der Waals surface area contributed by atoms with Gasteiger partial charge in [-0.25, -0.2) is 23.1 Å². The Morgan fingerprint density at radius 2 is 2.14 bits per heavy atom. The van der Waals surface area contributed by atoms with Crippen LogP contribution < -0.4 is 0 Å². The number of H-pyrrole nitrogens is 1. The van der Waals surface area contributed by atoms with E-state index in [1.807, 2.05) is 0 Å². The Bertz CT molecular complexity index is 743. The van der Waals surface area contributed by atoms with E-state index in [0.717, 1.165) is 12.1 Å². The highest BCUT2D eigenvalue weighted by Gasteiger charge is 2.09. The maximum atomic E-state index is 13.4. The Kier molecular flexibility index (Phi) is 4.13. The fourth-order valence-electron chi connectivity index (χ4n) is 1.48. The molecular weight excluding hydrogens is 283 g/mol. The Labute approximate surface area is 117 Å². The summed E-state index contributed by atoms with van der Waals surface area (Å²) in [7, 11) is 0. The van der Waals surface area contributed by atoms with E-state index in [1.54, 1.807) is 6.07 Å². The topological polar surface area (TPSA) is 89.2 Å². The molecule has 2 heterocycles. The SMILES string of the molecule is N#Cc1ncc(-c2cnc(/C=C\C(=N)C(F)F)[nH]2)cc1F. The van der Waals surface area contributed by atoms with Crippen LogP contribution in [0, 0.1) is 22.6 Å². The van der Waals surface area contributed by atoms with Crippen molar-refractivity contribution in [3.63, 3.8) is 0 Å². The number of nitrogens with zero attached hydrogens (tertiary/aromatic N) is 3. The summed E-state index contributed by atoms with van der Waals surface area (Å²) in [5, 5.41) is 15.6. The standard InChI is InChI=1S/C13H8F3N5/c14-8-3-7(5-19-10(8)4-17)11-6-20-12(21-11)2-1-9(18)13(15)16/h1-3,5-6,13,18H,(H,20,21)/b2-1-,18-9?. The predicted molar refractivity (Wildman–Crippen MR) is 69.3 cm³/mol. The van der Waals surface area contributed by atoms with E-state index in [0.29, 0.717) is 11.3 Å². The molecule has 0 amide bonds. The van der Waals surface area contributed by atoms with Gasteiger partial charge in [0.1, 0.15) is 11.9 Å². The van der Waals surface area contributed by atoms with E-state index in [4.69, 9.17) is 10.7 Å². The van der Waals surface area contributed by atoms with Crippen LogP contribution in [0.3, 0.4) is 0 Å². The van der Waals surface area contributed by atoms with Crippen molar-refractivity contribution >= 4 is 11.8 Å². The summed E-state index contributed by atoms with van der Waals surface area (Å²) in [6.07, 6.45) is 1.95.